The summed E-state index contributed by atoms with van der Waals surface area (Å²) in [5.74, 6) is 0.187. The zero-order chi connectivity index (χ0) is 16.5. The normalized spacial score (nSPS) is 22.0. The molecule has 0 aromatic carbocycles. The van der Waals surface area contributed by atoms with Crippen molar-refractivity contribution in [3.05, 3.63) is 32.5 Å². The summed E-state index contributed by atoms with van der Waals surface area (Å²) in [5.41, 5.74) is 6.83. The van der Waals surface area contributed by atoms with E-state index >= 15 is 0 Å². The number of hydrogen-bond acceptors (Lipinski definition) is 6. The molecule has 4 rings (SSSR count). The predicted octanol–water partition coefficient (Wildman–Crippen LogP) is 2.92. The van der Waals surface area contributed by atoms with Gasteiger partial charge in [0.2, 0.25) is 5.91 Å². The number of piperidine rings is 1. The number of carbonyl (C=O) groups is 1. The number of fused-ring (bicyclic) bond motifs is 1. The summed E-state index contributed by atoms with van der Waals surface area (Å²) in [7, 11) is 0. The van der Waals surface area contributed by atoms with Crippen LogP contribution in [-0.2, 0) is 17.9 Å². The number of hydrogen-bond donors (Lipinski definition) is 2. The van der Waals surface area contributed by atoms with Crippen LogP contribution in [0.5, 0.6) is 0 Å². The Morgan fingerprint density at radius 3 is 2.92 bits per heavy atom. The Labute approximate surface area is 149 Å². The number of rotatable bonds is 3. The number of nitrogens with one attached hydrogen (secondary N) is 1. The second-order valence-corrected chi connectivity index (χ2v) is 8.80. The van der Waals surface area contributed by atoms with Gasteiger partial charge in [-0.25, -0.2) is 4.98 Å². The maximum atomic E-state index is 12.1. The number of carbonyl (C=O) groups excluding carboxylic acids is 1. The van der Waals surface area contributed by atoms with E-state index < -0.39 is 0 Å². The molecule has 1 saturated heterocycles. The molecular weight excluding hydrogens is 340 g/mol. The molecule has 2 aromatic rings. The Hall–Kier alpha value is -1.44. The highest BCUT2D eigenvalue weighted by Crippen LogP contribution is 2.40. The summed E-state index contributed by atoms with van der Waals surface area (Å²) < 4.78 is 0. The lowest BCUT2D eigenvalue weighted by Gasteiger charge is -2.25. The van der Waals surface area contributed by atoms with E-state index in [1.165, 1.54) is 53.4 Å². The molecule has 0 aliphatic carbocycles. The Morgan fingerprint density at radius 2 is 2.08 bits per heavy atom. The summed E-state index contributed by atoms with van der Waals surface area (Å²) in [6.45, 7) is 3.93. The number of thiophene rings is 1. The van der Waals surface area contributed by atoms with Crippen LogP contribution in [0.15, 0.2) is 12.1 Å². The number of aromatic nitrogens is 1. The van der Waals surface area contributed by atoms with Gasteiger partial charge in [0, 0.05) is 33.5 Å². The largest absolute Gasteiger partial charge is 0.375 e. The van der Waals surface area contributed by atoms with Crippen LogP contribution in [0.1, 0.15) is 51.9 Å². The van der Waals surface area contributed by atoms with Gasteiger partial charge in [-0.15, -0.1) is 22.7 Å². The van der Waals surface area contributed by atoms with Crippen molar-refractivity contribution in [1.82, 2.24) is 15.2 Å². The first kappa shape index (κ1) is 16.1. The fraction of sp³-hybridized carbons (Fsp3) is 0.529. The Balaban J connectivity index is 1.57. The Kier molecular flexibility index (Phi) is 4.56. The molecule has 1 amide bonds. The van der Waals surface area contributed by atoms with E-state index in [9.17, 15) is 4.79 Å². The van der Waals surface area contributed by atoms with Gasteiger partial charge in [-0.05, 0) is 38.1 Å². The third-order valence-corrected chi connectivity index (χ3v) is 6.98. The molecule has 3 N–H and O–H groups in total. The topological polar surface area (TPSA) is 71.2 Å². The van der Waals surface area contributed by atoms with Crippen LogP contribution in [0.4, 0.5) is 5.13 Å². The average Bonchev–Trinajstić information content (AvgIpc) is 3.15. The number of thiazole rings is 1. The first-order valence-corrected chi connectivity index (χ1v) is 10.1. The third kappa shape index (κ3) is 3.34. The lowest BCUT2D eigenvalue weighted by molar-refractivity contribution is -0.121. The van der Waals surface area contributed by atoms with Crippen LogP contribution in [0.2, 0.25) is 0 Å². The van der Waals surface area contributed by atoms with Gasteiger partial charge in [0.15, 0.2) is 5.13 Å². The molecule has 1 fully saturated rings. The van der Waals surface area contributed by atoms with E-state index in [4.69, 9.17) is 5.73 Å². The van der Waals surface area contributed by atoms with E-state index in [0.29, 0.717) is 18.1 Å². The van der Waals surface area contributed by atoms with E-state index in [2.05, 4.69) is 27.3 Å². The number of anilines is 1. The van der Waals surface area contributed by atoms with Crippen LogP contribution < -0.4 is 11.1 Å². The quantitative estimate of drug-likeness (QED) is 0.881. The van der Waals surface area contributed by atoms with Crippen molar-refractivity contribution in [2.75, 3.05) is 18.8 Å². The minimum atomic E-state index is 0.0924. The molecule has 128 valence electrons. The SMILES string of the molecule is Nc1nc2c(s1)C(c1ccc(CN3CCCCC3)s1)CC(=O)NC2. The summed E-state index contributed by atoms with van der Waals surface area (Å²) in [4.78, 5) is 22.8. The molecule has 0 radical (unpaired) electrons. The van der Waals surface area contributed by atoms with Gasteiger partial charge in [0.05, 0.1) is 12.2 Å². The predicted molar refractivity (Wildman–Crippen MR) is 98.3 cm³/mol. The van der Waals surface area contributed by atoms with E-state index in [1.54, 1.807) is 0 Å². The van der Waals surface area contributed by atoms with Crippen molar-refractivity contribution in [3.63, 3.8) is 0 Å². The van der Waals surface area contributed by atoms with E-state index in [-0.39, 0.29) is 11.8 Å². The highest BCUT2D eigenvalue weighted by molar-refractivity contribution is 7.16. The molecule has 0 saturated carbocycles. The van der Waals surface area contributed by atoms with Crippen LogP contribution in [0.3, 0.4) is 0 Å². The molecule has 4 heterocycles. The highest BCUT2D eigenvalue weighted by Gasteiger charge is 2.28. The molecular formula is C17H22N4OS2. The molecule has 2 aliphatic heterocycles. The molecule has 5 nitrogen and oxygen atoms in total. The molecule has 0 spiro atoms. The molecule has 7 heteroatoms. The third-order valence-electron chi connectivity index (χ3n) is 4.76. The maximum Gasteiger partial charge on any atom is 0.221 e. The molecule has 24 heavy (non-hydrogen) atoms. The molecule has 2 aromatic heterocycles. The summed E-state index contributed by atoms with van der Waals surface area (Å²) in [5, 5.41) is 3.52. The van der Waals surface area contributed by atoms with Gasteiger partial charge in [-0.3, -0.25) is 9.69 Å². The molecule has 0 bridgehead atoms. The van der Waals surface area contributed by atoms with Crippen molar-refractivity contribution < 1.29 is 4.79 Å². The van der Waals surface area contributed by atoms with Crippen molar-refractivity contribution >= 4 is 33.7 Å². The van der Waals surface area contributed by atoms with Gasteiger partial charge in [0.25, 0.3) is 0 Å². The van der Waals surface area contributed by atoms with Gasteiger partial charge in [-0.2, -0.15) is 0 Å². The molecule has 1 atom stereocenters. The standard InChI is InChI=1S/C17H22N4OS2/c18-17-20-13-9-19-15(22)8-12(16(13)24-17)14-5-4-11(23-14)10-21-6-2-1-3-7-21/h4-5,12H,1-3,6-10H2,(H2,18,20)(H,19,22). The number of nitrogens with two attached hydrogens (primary N) is 1. The molecule has 1 unspecified atom stereocenters. The van der Waals surface area contributed by atoms with Crippen molar-refractivity contribution in [3.8, 4) is 0 Å². The highest BCUT2D eigenvalue weighted by atomic mass is 32.1. The first-order chi connectivity index (χ1) is 11.7. The minimum absolute atomic E-state index is 0.0924. The van der Waals surface area contributed by atoms with E-state index in [1.807, 2.05) is 11.3 Å². The van der Waals surface area contributed by atoms with Crippen molar-refractivity contribution in [2.45, 2.75) is 44.7 Å². The number of amides is 1. The second kappa shape index (κ2) is 6.82. The lowest BCUT2D eigenvalue weighted by atomic mass is 10.0. The fourth-order valence-corrected chi connectivity index (χ4v) is 5.76. The van der Waals surface area contributed by atoms with E-state index in [0.717, 1.165) is 17.1 Å². The summed E-state index contributed by atoms with van der Waals surface area (Å²) in [6, 6.07) is 4.41. The average molecular weight is 363 g/mol. The van der Waals surface area contributed by atoms with Crippen molar-refractivity contribution in [1.29, 1.82) is 0 Å². The summed E-state index contributed by atoms with van der Waals surface area (Å²) in [6.07, 6.45) is 4.46. The number of nitrogen functional groups attached to an aromatic ring is 1. The van der Waals surface area contributed by atoms with Gasteiger partial charge in [-0.1, -0.05) is 6.42 Å². The van der Waals surface area contributed by atoms with Crippen molar-refractivity contribution in [2.24, 2.45) is 0 Å². The summed E-state index contributed by atoms with van der Waals surface area (Å²) >= 11 is 3.36. The maximum absolute atomic E-state index is 12.1. The van der Waals surface area contributed by atoms with Crippen LogP contribution in [0, 0.1) is 0 Å². The van der Waals surface area contributed by atoms with Gasteiger partial charge >= 0.3 is 0 Å². The zero-order valence-electron chi connectivity index (χ0n) is 13.6. The minimum Gasteiger partial charge on any atom is -0.375 e. The first-order valence-electron chi connectivity index (χ1n) is 8.52. The fourth-order valence-electron chi connectivity index (χ4n) is 3.55. The van der Waals surface area contributed by atoms with Gasteiger partial charge in [0.1, 0.15) is 0 Å². The van der Waals surface area contributed by atoms with Crippen LogP contribution in [-0.4, -0.2) is 28.9 Å². The van der Waals surface area contributed by atoms with Gasteiger partial charge < -0.3 is 11.1 Å². The Bertz CT molecular complexity index is 733. The Morgan fingerprint density at radius 1 is 1.25 bits per heavy atom. The number of nitrogens with zero attached hydrogens (tertiary/aromatic N) is 2. The zero-order valence-corrected chi connectivity index (χ0v) is 15.2. The monoisotopic (exact) mass is 362 g/mol. The smallest absolute Gasteiger partial charge is 0.221 e. The number of likely N-dealkylation sites (tertiary alicyclic amines) is 1. The second-order valence-electron chi connectivity index (χ2n) is 6.54. The van der Waals surface area contributed by atoms with Crippen LogP contribution in [0.25, 0.3) is 0 Å². The molecule has 2 aliphatic rings. The lowest BCUT2D eigenvalue weighted by Crippen LogP contribution is -2.28. The van der Waals surface area contributed by atoms with Crippen LogP contribution >= 0.6 is 22.7 Å².